The number of carbonyl (C=O) groups is 2. The molecule has 2 aromatic heterocycles. The minimum absolute atomic E-state index is 0.0663. The molecule has 214 valence electrons. The van der Waals surface area contributed by atoms with E-state index in [-0.39, 0.29) is 36.6 Å². The molecule has 0 spiro atoms. The fraction of sp³-hybridized carbons (Fsp3) is 0.571. The van der Waals surface area contributed by atoms with E-state index in [9.17, 15) is 22.8 Å². The Kier molecular flexibility index (Phi) is 6.82. The molecule has 2 saturated carbocycles. The summed E-state index contributed by atoms with van der Waals surface area (Å²) in [5.41, 5.74) is 1.50. The number of nitrogens with one attached hydrogen (secondary N) is 3. The Bertz CT molecular complexity index is 1410. The molecule has 0 radical (unpaired) electrons. The lowest BCUT2D eigenvalue weighted by atomic mass is 9.88. The van der Waals surface area contributed by atoms with E-state index < -0.39 is 35.9 Å². The van der Waals surface area contributed by atoms with Gasteiger partial charge in [-0.15, -0.1) is 0 Å². The average Bonchev–Trinajstić information content (AvgIpc) is 3.83. The van der Waals surface area contributed by atoms with Crippen LogP contribution in [0.15, 0.2) is 24.4 Å². The van der Waals surface area contributed by atoms with Crippen molar-refractivity contribution in [2.24, 2.45) is 23.7 Å². The van der Waals surface area contributed by atoms with Gasteiger partial charge >= 0.3 is 6.18 Å². The zero-order chi connectivity index (χ0) is 28.2. The highest BCUT2D eigenvalue weighted by molar-refractivity contribution is 5.92. The predicted molar refractivity (Wildman–Crippen MR) is 138 cm³/mol. The fourth-order valence-corrected chi connectivity index (χ4v) is 6.23. The number of imidazole rings is 1. The topological polar surface area (TPSA) is 105 Å². The Hall–Kier alpha value is -3.44. The van der Waals surface area contributed by atoms with E-state index >= 15 is 4.39 Å². The van der Waals surface area contributed by atoms with Gasteiger partial charge in [0.25, 0.3) is 5.91 Å². The number of halogens is 4. The molecule has 3 heterocycles. The van der Waals surface area contributed by atoms with Gasteiger partial charge < -0.3 is 15.6 Å². The summed E-state index contributed by atoms with van der Waals surface area (Å²) >= 11 is 0. The summed E-state index contributed by atoms with van der Waals surface area (Å²) in [7, 11) is 0. The van der Waals surface area contributed by atoms with Crippen molar-refractivity contribution < 1.29 is 27.2 Å². The Morgan fingerprint density at radius 2 is 1.88 bits per heavy atom. The van der Waals surface area contributed by atoms with Crippen molar-refractivity contribution >= 4 is 22.8 Å². The quantitative estimate of drug-likeness (QED) is 0.326. The van der Waals surface area contributed by atoms with Crippen LogP contribution >= 0.6 is 0 Å². The summed E-state index contributed by atoms with van der Waals surface area (Å²) in [6, 6.07) is 2.38. The highest BCUT2D eigenvalue weighted by Crippen LogP contribution is 2.54. The second kappa shape index (κ2) is 10.2. The van der Waals surface area contributed by atoms with Crippen LogP contribution in [0.5, 0.6) is 0 Å². The van der Waals surface area contributed by atoms with Gasteiger partial charge in [0.1, 0.15) is 23.1 Å². The number of amides is 2. The molecule has 1 aliphatic heterocycles. The Morgan fingerprint density at radius 3 is 2.50 bits per heavy atom. The average molecular weight is 561 g/mol. The summed E-state index contributed by atoms with van der Waals surface area (Å²) in [6.45, 7) is 2.45. The monoisotopic (exact) mass is 560 g/mol. The predicted octanol–water partition coefficient (Wildman–Crippen LogP) is 4.83. The molecule has 40 heavy (non-hydrogen) atoms. The Morgan fingerprint density at radius 1 is 1.15 bits per heavy atom. The highest BCUT2D eigenvalue weighted by Gasteiger charge is 2.48. The Labute approximate surface area is 228 Å². The van der Waals surface area contributed by atoms with Gasteiger partial charge in [-0.05, 0) is 93.4 Å². The molecular weight excluding hydrogens is 528 g/mol. The standard InChI is InChI=1S/C28H32F4N6O2/c1-2-38-20(9-10-33-38)27(40)37-24(22(15-3-4-15)16-5-6-16)25-34-19-13-14(12-18(29)23(19)36-25)11-17-7-8-21(28(30,31)32)35-26(17)39/h9-10,12-13,15-17,21-22,24H,2-8,11H2,1H3,(H,34,36)(H,35,39)(H,37,40)/t17?,21?,24-/m0/s1. The second-order valence-electron chi connectivity index (χ2n) is 11.4. The molecule has 2 amide bonds. The molecule has 3 atom stereocenters. The van der Waals surface area contributed by atoms with Crippen LogP contribution in [-0.4, -0.2) is 43.8 Å². The number of fused-ring (bicyclic) bond motifs is 1. The first kappa shape index (κ1) is 26.8. The summed E-state index contributed by atoms with van der Waals surface area (Å²) in [6.07, 6.45) is 1.40. The Balaban J connectivity index is 1.27. The lowest BCUT2D eigenvalue weighted by Gasteiger charge is -2.30. The van der Waals surface area contributed by atoms with Crippen LogP contribution in [0.3, 0.4) is 0 Å². The minimum atomic E-state index is -4.49. The van der Waals surface area contributed by atoms with Crippen molar-refractivity contribution in [2.45, 2.75) is 76.7 Å². The van der Waals surface area contributed by atoms with E-state index in [1.54, 1.807) is 23.0 Å². The van der Waals surface area contributed by atoms with Gasteiger partial charge in [0, 0.05) is 18.7 Å². The van der Waals surface area contributed by atoms with Crippen molar-refractivity contribution in [3.63, 3.8) is 0 Å². The molecule has 3 N–H and O–H groups in total. The third kappa shape index (κ3) is 5.32. The van der Waals surface area contributed by atoms with Gasteiger partial charge in [-0.2, -0.15) is 18.3 Å². The number of hydrogen-bond donors (Lipinski definition) is 3. The largest absolute Gasteiger partial charge is 0.408 e. The summed E-state index contributed by atoms with van der Waals surface area (Å²) in [5.74, 6) is -0.610. The van der Waals surface area contributed by atoms with Crippen LogP contribution in [0, 0.1) is 29.5 Å². The number of benzene rings is 1. The lowest BCUT2D eigenvalue weighted by molar-refractivity contribution is -0.169. The maximum atomic E-state index is 15.3. The summed E-state index contributed by atoms with van der Waals surface area (Å²) in [4.78, 5) is 33.6. The van der Waals surface area contributed by atoms with E-state index in [0.717, 1.165) is 25.7 Å². The van der Waals surface area contributed by atoms with Gasteiger partial charge in [0.2, 0.25) is 5.91 Å². The maximum Gasteiger partial charge on any atom is 0.408 e. The van der Waals surface area contributed by atoms with E-state index in [0.29, 0.717) is 41.0 Å². The van der Waals surface area contributed by atoms with Crippen molar-refractivity contribution in [1.82, 2.24) is 30.4 Å². The minimum Gasteiger partial charge on any atom is -0.344 e. The molecule has 12 heteroatoms. The van der Waals surface area contributed by atoms with Crippen LogP contribution < -0.4 is 10.6 Å². The van der Waals surface area contributed by atoms with Crippen LogP contribution in [-0.2, 0) is 17.8 Å². The molecule has 8 nitrogen and oxygen atoms in total. The fourth-order valence-electron chi connectivity index (χ4n) is 6.23. The van der Waals surface area contributed by atoms with E-state index in [1.165, 1.54) is 6.07 Å². The number of alkyl halides is 3. The number of rotatable bonds is 9. The summed E-state index contributed by atoms with van der Waals surface area (Å²) in [5, 5.41) is 9.43. The van der Waals surface area contributed by atoms with E-state index in [4.69, 9.17) is 0 Å². The first-order chi connectivity index (χ1) is 19.1. The molecule has 2 unspecified atom stereocenters. The third-order valence-electron chi connectivity index (χ3n) is 8.53. The third-order valence-corrected chi connectivity index (χ3v) is 8.53. The number of aromatic nitrogens is 4. The van der Waals surface area contributed by atoms with Gasteiger partial charge in [-0.25, -0.2) is 9.37 Å². The van der Waals surface area contributed by atoms with Crippen molar-refractivity contribution in [1.29, 1.82) is 0 Å². The number of carbonyl (C=O) groups excluding carboxylic acids is 2. The van der Waals surface area contributed by atoms with Gasteiger partial charge in [-0.1, -0.05) is 0 Å². The molecule has 6 rings (SSSR count). The molecule has 0 bridgehead atoms. The SMILES string of the molecule is CCn1nccc1C(=O)N[C@H](c1nc2c(F)cc(CC3CCC(C(F)(F)F)NC3=O)cc2[nH]1)C(C1CC1)C1CC1. The van der Waals surface area contributed by atoms with Gasteiger partial charge in [0.05, 0.1) is 11.6 Å². The lowest BCUT2D eigenvalue weighted by Crippen LogP contribution is -2.51. The zero-order valence-electron chi connectivity index (χ0n) is 22.1. The van der Waals surface area contributed by atoms with E-state index in [1.807, 2.05) is 6.92 Å². The highest BCUT2D eigenvalue weighted by atomic mass is 19.4. The summed E-state index contributed by atoms with van der Waals surface area (Å²) < 4.78 is 56.0. The molecule has 3 aliphatic rings. The maximum absolute atomic E-state index is 15.3. The first-order valence-electron chi connectivity index (χ1n) is 14.0. The van der Waals surface area contributed by atoms with Crippen molar-refractivity contribution in [2.75, 3.05) is 0 Å². The molecule has 1 saturated heterocycles. The molecule has 3 aromatic rings. The molecule has 3 fully saturated rings. The molecular formula is C28H32F4N6O2. The van der Waals surface area contributed by atoms with E-state index in [2.05, 4.69) is 25.7 Å². The van der Waals surface area contributed by atoms with Gasteiger partial charge in [0.15, 0.2) is 5.82 Å². The number of H-pyrrole nitrogens is 1. The smallest absolute Gasteiger partial charge is 0.344 e. The number of nitrogens with zero attached hydrogens (tertiary/aromatic N) is 3. The van der Waals surface area contributed by atoms with Gasteiger partial charge in [-0.3, -0.25) is 14.3 Å². The normalized spacial score (nSPS) is 22.5. The van der Waals surface area contributed by atoms with Crippen LogP contribution in [0.4, 0.5) is 17.6 Å². The molecule has 2 aliphatic carbocycles. The number of hydrogen-bond acceptors (Lipinski definition) is 4. The first-order valence-corrected chi connectivity index (χ1v) is 14.0. The zero-order valence-corrected chi connectivity index (χ0v) is 22.1. The van der Waals surface area contributed by atoms with Crippen LogP contribution in [0.2, 0.25) is 0 Å². The van der Waals surface area contributed by atoms with Crippen LogP contribution in [0.25, 0.3) is 11.0 Å². The van der Waals surface area contributed by atoms with Crippen LogP contribution in [0.1, 0.15) is 73.4 Å². The number of aryl methyl sites for hydroxylation is 1. The van der Waals surface area contributed by atoms with Crippen molar-refractivity contribution in [3.05, 3.63) is 47.3 Å². The number of piperidine rings is 1. The van der Waals surface area contributed by atoms with Crippen molar-refractivity contribution in [3.8, 4) is 0 Å². The number of aromatic amines is 1. The molecule has 1 aromatic carbocycles. The second-order valence-corrected chi connectivity index (χ2v) is 11.4.